The molecular formula is C16H18FNO. The Morgan fingerprint density at radius 3 is 2.32 bits per heavy atom. The number of ether oxygens (including phenoxy) is 1. The Bertz CT molecular complexity index is 561. The third-order valence-corrected chi connectivity index (χ3v) is 3.20. The molecule has 0 spiro atoms. The SMILES string of the molecule is COc1cccc(CNc2c(C)cccc2C)c1F. The molecule has 0 heterocycles. The molecule has 2 rings (SSSR count). The fourth-order valence-corrected chi connectivity index (χ4v) is 2.13. The lowest BCUT2D eigenvalue weighted by molar-refractivity contribution is 0.384. The van der Waals surface area contributed by atoms with Gasteiger partial charge in [-0.3, -0.25) is 0 Å². The maximum Gasteiger partial charge on any atom is 0.170 e. The van der Waals surface area contributed by atoms with Crippen LogP contribution in [0.1, 0.15) is 16.7 Å². The van der Waals surface area contributed by atoms with Crippen molar-refractivity contribution in [2.45, 2.75) is 20.4 Å². The fraction of sp³-hybridized carbons (Fsp3) is 0.250. The zero-order chi connectivity index (χ0) is 13.8. The zero-order valence-corrected chi connectivity index (χ0v) is 11.5. The van der Waals surface area contributed by atoms with Crippen LogP contribution in [0.2, 0.25) is 0 Å². The van der Waals surface area contributed by atoms with Gasteiger partial charge >= 0.3 is 0 Å². The second-order valence-electron chi connectivity index (χ2n) is 4.55. The summed E-state index contributed by atoms with van der Waals surface area (Å²) in [5, 5.41) is 3.29. The van der Waals surface area contributed by atoms with Crippen LogP contribution in [0.4, 0.5) is 10.1 Å². The number of nitrogens with one attached hydrogen (secondary N) is 1. The Morgan fingerprint density at radius 2 is 1.68 bits per heavy atom. The van der Waals surface area contributed by atoms with E-state index in [-0.39, 0.29) is 11.6 Å². The van der Waals surface area contributed by atoms with Gasteiger partial charge in [-0.25, -0.2) is 4.39 Å². The van der Waals surface area contributed by atoms with Crippen LogP contribution in [0.25, 0.3) is 0 Å². The van der Waals surface area contributed by atoms with E-state index in [1.165, 1.54) is 7.11 Å². The summed E-state index contributed by atoms with van der Waals surface area (Å²) in [5.74, 6) is -0.0236. The maximum absolute atomic E-state index is 14.0. The van der Waals surface area contributed by atoms with E-state index in [0.717, 1.165) is 16.8 Å². The highest BCUT2D eigenvalue weighted by Crippen LogP contribution is 2.23. The third-order valence-electron chi connectivity index (χ3n) is 3.20. The predicted octanol–water partition coefficient (Wildman–Crippen LogP) is 4.06. The summed E-state index contributed by atoms with van der Waals surface area (Å²) in [6, 6.07) is 11.3. The van der Waals surface area contributed by atoms with E-state index in [4.69, 9.17) is 4.74 Å². The Morgan fingerprint density at radius 1 is 1.05 bits per heavy atom. The molecule has 0 unspecified atom stereocenters. The molecule has 0 saturated heterocycles. The van der Waals surface area contributed by atoms with E-state index < -0.39 is 0 Å². The first-order chi connectivity index (χ1) is 9.13. The van der Waals surface area contributed by atoms with Crippen LogP contribution in [-0.4, -0.2) is 7.11 Å². The lowest BCUT2D eigenvalue weighted by Crippen LogP contribution is -2.05. The first-order valence-corrected chi connectivity index (χ1v) is 6.25. The highest BCUT2D eigenvalue weighted by atomic mass is 19.1. The molecule has 100 valence electrons. The third kappa shape index (κ3) is 2.87. The van der Waals surface area contributed by atoms with Gasteiger partial charge in [0.2, 0.25) is 0 Å². The second kappa shape index (κ2) is 5.74. The molecule has 1 N–H and O–H groups in total. The molecule has 0 bridgehead atoms. The summed E-state index contributed by atoms with van der Waals surface area (Å²) >= 11 is 0. The zero-order valence-electron chi connectivity index (χ0n) is 11.5. The van der Waals surface area contributed by atoms with Crippen molar-refractivity contribution in [2.75, 3.05) is 12.4 Å². The number of rotatable bonds is 4. The van der Waals surface area contributed by atoms with Crippen molar-refractivity contribution >= 4 is 5.69 Å². The van der Waals surface area contributed by atoms with Gasteiger partial charge < -0.3 is 10.1 Å². The van der Waals surface area contributed by atoms with Crippen LogP contribution in [-0.2, 0) is 6.54 Å². The Balaban J connectivity index is 2.19. The van der Waals surface area contributed by atoms with E-state index in [2.05, 4.69) is 5.32 Å². The molecule has 2 nitrogen and oxygen atoms in total. The topological polar surface area (TPSA) is 21.3 Å². The van der Waals surface area contributed by atoms with Crippen molar-refractivity contribution in [1.29, 1.82) is 0 Å². The molecule has 2 aromatic rings. The van der Waals surface area contributed by atoms with E-state index in [1.54, 1.807) is 18.2 Å². The smallest absolute Gasteiger partial charge is 0.170 e. The molecule has 19 heavy (non-hydrogen) atoms. The Hall–Kier alpha value is -2.03. The molecule has 0 fully saturated rings. The molecule has 0 aliphatic carbocycles. The summed E-state index contributed by atoms with van der Waals surface area (Å²) < 4.78 is 19.0. The van der Waals surface area contributed by atoms with Crippen LogP contribution in [0.5, 0.6) is 5.75 Å². The average molecular weight is 259 g/mol. The van der Waals surface area contributed by atoms with Crippen molar-refractivity contribution in [2.24, 2.45) is 0 Å². The monoisotopic (exact) mass is 259 g/mol. The minimum atomic E-state index is -0.302. The standard InChI is InChI=1S/C16H18FNO/c1-11-6-4-7-12(2)16(11)18-10-13-8-5-9-14(19-3)15(13)17/h4-9,18H,10H2,1-3H3. The van der Waals surface area contributed by atoms with E-state index >= 15 is 0 Å². The molecule has 0 atom stereocenters. The first kappa shape index (κ1) is 13.4. The molecule has 3 heteroatoms. The molecular weight excluding hydrogens is 241 g/mol. The lowest BCUT2D eigenvalue weighted by Gasteiger charge is -2.13. The number of methoxy groups -OCH3 is 1. The van der Waals surface area contributed by atoms with Crippen molar-refractivity contribution in [3.05, 3.63) is 58.9 Å². The molecule has 0 aliphatic heterocycles. The molecule has 0 saturated carbocycles. The van der Waals surface area contributed by atoms with Gasteiger partial charge in [-0.1, -0.05) is 30.3 Å². The summed E-state index contributed by atoms with van der Waals surface area (Å²) in [5.41, 5.74) is 3.97. The number of hydrogen-bond acceptors (Lipinski definition) is 2. The van der Waals surface area contributed by atoms with Crippen molar-refractivity contribution in [3.63, 3.8) is 0 Å². The van der Waals surface area contributed by atoms with Gasteiger partial charge in [0, 0.05) is 17.8 Å². The minimum absolute atomic E-state index is 0.279. The van der Waals surface area contributed by atoms with Crippen LogP contribution < -0.4 is 10.1 Å². The molecule has 0 radical (unpaired) electrons. The van der Waals surface area contributed by atoms with Crippen LogP contribution in [0.3, 0.4) is 0 Å². The molecule has 0 aromatic heterocycles. The molecule has 0 amide bonds. The van der Waals surface area contributed by atoms with E-state index in [9.17, 15) is 4.39 Å². The van der Waals surface area contributed by atoms with Crippen molar-refractivity contribution in [1.82, 2.24) is 0 Å². The molecule has 2 aromatic carbocycles. The quantitative estimate of drug-likeness (QED) is 0.894. The predicted molar refractivity (Wildman–Crippen MR) is 76.2 cm³/mol. The van der Waals surface area contributed by atoms with Gasteiger partial charge in [0.1, 0.15) is 0 Å². The van der Waals surface area contributed by atoms with Gasteiger partial charge in [-0.15, -0.1) is 0 Å². The summed E-state index contributed by atoms with van der Waals surface area (Å²) in [6.07, 6.45) is 0. The van der Waals surface area contributed by atoms with Gasteiger partial charge in [0.25, 0.3) is 0 Å². The highest BCUT2D eigenvalue weighted by Gasteiger charge is 2.09. The van der Waals surface area contributed by atoms with E-state index in [1.807, 2.05) is 32.0 Å². The number of aryl methyl sites for hydroxylation is 2. The van der Waals surface area contributed by atoms with E-state index in [0.29, 0.717) is 12.1 Å². The summed E-state index contributed by atoms with van der Waals surface area (Å²) in [6.45, 7) is 4.52. The van der Waals surface area contributed by atoms with Crippen molar-refractivity contribution < 1.29 is 9.13 Å². The number of benzene rings is 2. The maximum atomic E-state index is 14.0. The van der Waals surface area contributed by atoms with Gasteiger partial charge in [-0.05, 0) is 31.0 Å². The van der Waals surface area contributed by atoms with Crippen LogP contribution in [0, 0.1) is 19.7 Å². The Labute approximate surface area is 113 Å². The largest absolute Gasteiger partial charge is 0.494 e. The van der Waals surface area contributed by atoms with Gasteiger partial charge in [-0.2, -0.15) is 0 Å². The average Bonchev–Trinajstić information content (AvgIpc) is 2.40. The highest BCUT2D eigenvalue weighted by molar-refractivity contribution is 5.56. The van der Waals surface area contributed by atoms with Crippen LogP contribution in [0.15, 0.2) is 36.4 Å². The minimum Gasteiger partial charge on any atom is -0.494 e. The summed E-state index contributed by atoms with van der Waals surface area (Å²) in [7, 11) is 1.47. The second-order valence-corrected chi connectivity index (χ2v) is 4.55. The number of para-hydroxylation sites is 1. The lowest BCUT2D eigenvalue weighted by atomic mass is 10.1. The van der Waals surface area contributed by atoms with Gasteiger partial charge in [0.05, 0.1) is 7.11 Å². The molecule has 0 aliphatic rings. The normalized spacial score (nSPS) is 10.3. The fourth-order valence-electron chi connectivity index (χ4n) is 2.13. The van der Waals surface area contributed by atoms with Crippen molar-refractivity contribution in [3.8, 4) is 5.75 Å². The van der Waals surface area contributed by atoms with Gasteiger partial charge in [0.15, 0.2) is 11.6 Å². The summed E-state index contributed by atoms with van der Waals surface area (Å²) in [4.78, 5) is 0. The Kier molecular flexibility index (Phi) is 4.05. The first-order valence-electron chi connectivity index (χ1n) is 6.25. The number of anilines is 1. The number of hydrogen-bond donors (Lipinski definition) is 1. The van der Waals surface area contributed by atoms with Crippen LogP contribution >= 0.6 is 0 Å². The number of halogens is 1.